The molecule has 1 aromatic heterocycles. The number of benzene rings is 1. The molecule has 1 unspecified atom stereocenters. The molecule has 9 heteroatoms. The van der Waals surface area contributed by atoms with E-state index in [1.54, 1.807) is 17.8 Å². The molecule has 3 aliphatic rings. The van der Waals surface area contributed by atoms with Gasteiger partial charge in [0.2, 0.25) is 0 Å². The van der Waals surface area contributed by atoms with E-state index in [0.717, 1.165) is 65.2 Å². The summed E-state index contributed by atoms with van der Waals surface area (Å²) in [5.74, 6) is 2.05. The second-order valence-corrected chi connectivity index (χ2v) is 10.6. The maximum absolute atomic E-state index is 15.0. The predicted molar refractivity (Wildman–Crippen MR) is 145 cm³/mol. The zero-order chi connectivity index (χ0) is 25.3. The molecule has 0 radical (unpaired) electrons. The molecule has 1 fully saturated rings. The van der Waals surface area contributed by atoms with Crippen LogP contribution < -0.4 is 15.5 Å². The summed E-state index contributed by atoms with van der Waals surface area (Å²) in [6.45, 7) is 10.8. The van der Waals surface area contributed by atoms with Crippen LogP contribution in [0.4, 0.5) is 15.9 Å². The van der Waals surface area contributed by atoms with Crippen molar-refractivity contribution >= 4 is 29.3 Å². The first-order chi connectivity index (χ1) is 17.4. The fraction of sp³-hybridized carbons (Fsp3) is 0.407. The summed E-state index contributed by atoms with van der Waals surface area (Å²) in [4.78, 5) is 14.4. The summed E-state index contributed by atoms with van der Waals surface area (Å²) < 4.78 is 15.0. The van der Waals surface area contributed by atoms with Gasteiger partial charge >= 0.3 is 0 Å². The highest BCUT2D eigenvalue weighted by atomic mass is 32.2. The second kappa shape index (κ2) is 10.3. The molecule has 1 saturated heterocycles. The molecule has 0 spiro atoms. The van der Waals surface area contributed by atoms with E-state index in [2.05, 4.69) is 38.7 Å². The first-order valence-corrected chi connectivity index (χ1v) is 13.3. The van der Waals surface area contributed by atoms with Crippen molar-refractivity contribution in [3.63, 3.8) is 0 Å². The number of anilines is 2. The van der Waals surface area contributed by atoms with Gasteiger partial charge < -0.3 is 20.6 Å². The number of thioether (sulfide) groups is 1. The molecule has 0 amide bonds. The van der Waals surface area contributed by atoms with Gasteiger partial charge in [-0.3, -0.25) is 4.90 Å². The lowest BCUT2D eigenvalue weighted by Crippen LogP contribution is -2.49. The first kappa shape index (κ1) is 25.0. The molecule has 1 atom stereocenters. The van der Waals surface area contributed by atoms with Crippen molar-refractivity contribution in [2.75, 3.05) is 49.2 Å². The molecule has 4 heterocycles. The zero-order valence-corrected chi connectivity index (χ0v) is 21.5. The molecule has 2 aromatic rings. The number of aromatic nitrogens is 2. The van der Waals surface area contributed by atoms with Crippen LogP contribution in [-0.2, 0) is 12.1 Å². The third-order valence-electron chi connectivity index (χ3n) is 7.14. The van der Waals surface area contributed by atoms with E-state index in [-0.39, 0.29) is 5.82 Å². The van der Waals surface area contributed by atoms with Gasteiger partial charge in [-0.05, 0) is 49.7 Å². The fourth-order valence-electron chi connectivity index (χ4n) is 5.35. The largest absolute Gasteiger partial charge is 0.382 e. The molecule has 36 heavy (non-hydrogen) atoms. The molecule has 7 nitrogen and oxygen atoms in total. The van der Waals surface area contributed by atoms with Crippen molar-refractivity contribution in [3.8, 4) is 0 Å². The second-order valence-electron chi connectivity index (χ2n) is 9.58. The molecule has 3 aliphatic heterocycles. The monoisotopic (exact) mass is 508 g/mol. The maximum Gasteiger partial charge on any atom is 0.144 e. The number of piperidine rings is 1. The van der Waals surface area contributed by atoms with Crippen molar-refractivity contribution in [1.82, 2.24) is 20.2 Å². The van der Waals surface area contributed by atoms with Gasteiger partial charge in [-0.1, -0.05) is 18.7 Å². The fourth-order valence-corrected chi connectivity index (χ4v) is 6.06. The van der Waals surface area contributed by atoms with E-state index in [9.17, 15) is 9.50 Å². The highest BCUT2D eigenvalue weighted by Gasteiger charge is 2.47. The topological polar surface area (TPSA) is 76.6 Å². The highest BCUT2D eigenvalue weighted by Crippen LogP contribution is 2.47. The number of nitrogens with one attached hydrogen (secondary N) is 2. The summed E-state index contributed by atoms with van der Waals surface area (Å²) in [6, 6.07) is 3.57. The summed E-state index contributed by atoms with van der Waals surface area (Å²) >= 11 is 1.65. The number of halogens is 1. The number of β-amino-alcohol motifs (C(OH)–C–C–N with tert-alkyl or cyclic N) is 1. The molecule has 0 saturated carbocycles. The smallest absolute Gasteiger partial charge is 0.144 e. The third kappa shape index (κ3) is 4.80. The van der Waals surface area contributed by atoms with Crippen LogP contribution in [0.3, 0.4) is 0 Å². The van der Waals surface area contributed by atoms with Gasteiger partial charge in [0.1, 0.15) is 23.1 Å². The van der Waals surface area contributed by atoms with Gasteiger partial charge in [-0.15, -0.1) is 18.3 Å². The predicted octanol–water partition coefficient (Wildman–Crippen LogP) is 3.74. The van der Waals surface area contributed by atoms with E-state index in [0.29, 0.717) is 31.2 Å². The van der Waals surface area contributed by atoms with Crippen LogP contribution in [-0.4, -0.2) is 65.0 Å². The average molecular weight is 509 g/mol. The van der Waals surface area contributed by atoms with Gasteiger partial charge in [0.15, 0.2) is 0 Å². The summed E-state index contributed by atoms with van der Waals surface area (Å²) in [7, 11) is 1.87. The molecule has 1 aromatic carbocycles. The molecule has 0 bridgehead atoms. The normalized spacial score (nSPS) is 21.6. The molecule has 5 rings (SSSR count). The molecular formula is C27H33FN6OS. The van der Waals surface area contributed by atoms with E-state index >= 15 is 0 Å². The Kier molecular flexibility index (Phi) is 7.16. The Morgan fingerprint density at radius 3 is 2.86 bits per heavy atom. The third-order valence-corrected chi connectivity index (χ3v) is 8.15. The lowest BCUT2D eigenvalue weighted by atomic mass is 9.92. The van der Waals surface area contributed by atoms with Gasteiger partial charge in [-0.2, -0.15) is 0 Å². The number of hydrogen-bond donors (Lipinski definition) is 3. The minimum atomic E-state index is -1.27. The Hall–Kier alpha value is -2.72. The molecule has 190 valence electrons. The van der Waals surface area contributed by atoms with E-state index in [1.165, 1.54) is 6.07 Å². The SMILES string of the molecule is C=CCSc1cnc(CNC2CCN(CC3(O)CN4C(=C)C=Cc5ccc(F)c3c54)CC2)nc1NC. The Morgan fingerprint density at radius 2 is 2.11 bits per heavy atom. The summed E-state index contributed by atoms with van der Waals surface area (Å²) in [5.41, 5.74) is 1.60. The first-order valence-electron chi connectivity index (χ1n) is 12.3. The van der Waals surface area contributed by atoms with Crippen LogP contribution in [0.1, 0.15) is 29.8 Å². The van der Waals surface area contributed by atoms with Crippen molar-refractivity contribution in [2.24, 2.45) is 0 Å². The van der Waals surface area contributed by atoms with Crippen LogP contribution in [0.15, 0.2) is 54.2 Å². The van der Waals surface area contributed by atoms with Gasteiger partial charge in [0.05, 0.1) is 23.7 Å². The molecule has 0 aliphatic carbocycles. The Balaban J connectivity index is 1.18. The van der Waals surface area contributed by atoms with Gasteiger partial charge in [-0.25, -0.2) is 14.4 Å². The lowest BCUT2D eigenvalue weighted by Gasteiger charge is -2.37. The van der Waals surface area contributed by atoms with Crippen LogP contribution in [0.5, 0.6) is 0 Å². The molecular weight excluding hydrogens is 475 g/mol. The van der Waals surface area contributed by atoms with Crippen molar-refractivity contribution < 1.29 is 9.50 Å². The molecule has 3 N–H and O–H groups in total. The van der Waals surface area contributed by atoms with Crippen LogP contribution in [0.25, 0.3) is 6.08 Å². The Morgan fingerprint density at radius 1 is 1.31 bits per heavy atom. The van der Waals surface area contributed by atoms with Crippen molar-refractivity contribution in [1.29, 1.82) is 0 Å². The van der Waals surface area contributed by atoms with Crippen LogP contribution >= 0.6 is 11.8 Å². The van der Waals surface area contributed by atoms with Gasteiger partial charge in [0.25, 0.3) is 0 Å². The number of aliphatic hydroxyl groups is 1. The minimum absolute atomic E-state index is 0.323. The van der Waals surface area contributed by atoms with Crippen LogP contribution in [0.2, 0.25) is 0 Å². The van der Waals surface area contributed by atoms with E-state index in [1.807, 2.05) is 36.4 Å². The number of allylic oxidation sites excluding steroid dienone is 1. The summed E-state index contributed by atoms with van der Waals surface area (Å²) in [5, 5.41) is 18.4. The standard InChI is InChI=1S/C27H33FN6OS/c1-4-13-36-22-14-31-23(32-26(22)29-3)15-30-20-9-11-33(12-10-20)16-27(35)17-34-18(2)5-6-19-7-8-21(28)24(27)25(19)34/h4-8,14,20,30,35H,1-2,9-13,15-17H2,3H3,(H,29,31,32). The zero-order valence-electron chi connectivity index (χ0n) is 20.6. The maximum atomic E-state index is 15.0. The minimum Gasteiger partial charge on any atom is -0.382 e. The van der Waals surface area contributed by atoms with Crippen molar-refractivity contribution in [2.45, 2.75) is 35.9 Å². The highest BCUT2D eigenvalue weighted by molar-refractivity contribution is 7.99. The Labute approximate surface area is 216 Å². The quantitative estimate of drug-likeness (QED) is 0.349. The lowest BCUT2D eigenvalue weighted by molar-refractivity contribution is 0.00370. The van der Waals surface area contributed by atoms with Crippen LogP contribution in [0, 0.1) is 5.82 Å². The van der Waals surface area contributed by atoms with Crippen molar-refractivity contribution in [3.05, 3.63) is 72.1 Å². The number of hydrogen-bond acceptors (Lipinski definition) is 8. The van der Waals surface area contributed by atoms with Gasteiger partial charge in [0, 0.05) is 42.8 Å². The summed E-state index contributed by atoms with van der Waals surface area (Å²) in [6.07, 6.45) is 9.47. The number of nitrogens with zero attached hydrogens (tertiary/aromatic N) is 4. The number of rotatable bonds is 9. The van der Waals surface area contributed by atoms with E-state index in [4.69, 9.17) is 0 Å². The average Bonchev–Trinajstić information content (AvgIpc) is 3.20. The number of likely N-dealkylation sites (tertiary alicyclic amines) is 1. The van der Waals surface area contributed by atoms with E-state index < -0.39 is 5.60 Å². The Bertz CT molecular complexity index is 1200.